The fraction of sp³-hybridized carbons (Fsp3) is 0.562. The fourth-order valence-corrected chi connectivity index (χ4v) is 3.67. The molecule has 7 nitrogen and oxygen atoms in total. The largest absolute Gasteiger partial charge is 0.434 e. The van der Waals surface area contributed by atoms with Crippen LogP contribution in [0.2, 0.25) is 0 Å². The number of hydrogen-bond donors (Lipinski definition) is 1. The Morgan fingerprint density at radius 1 is 1.33 bits per heavy atom. The number of allylic oxidation sites excluding steroid dienone is 1. The number of aromatic nitrogens is 2. The van der Waals surface area contributed by atoms with Gasteiger partial charge in [0.05, 0.1) is 17.1 Å². The summed E-state index contributed by atoms with van der Waals surface area (Å²) in [5.74, 6) is -1.73. The molecule has 1 atom stereocenters. The van der Waals surface area contributed by atoms with Gasteiger partial charge in [-0.1, -0.05) is 11.6 Å². The molecule has 0 spiro atoms. The van der Waals surface area contributed by atoms with E-state index in [1.807, 2.05) is 13.0 Å². The first-order valence-corrected chi connectivity index (χ1v) is 10.1. The highest BCUT2D eigenvalue weighted by Gasteiger charge is 2.40. The molecule has 0 radical (unpaired) electrons. The molecule has 1 aromatic rings. The number of sulfone groups is 1. The molecular formula is C16H21F3N4O3S. The lowest BCUT2D eigenvalue weighted by Crippen LogP contribution is -2.44. The molecule has 2 heterocycles. The minimum Gasteiger partial charge on any atom is -0.348 e. The Bertz CT molecular complexity index is 839. The maximum atomic E-state index is 13.4. The summed E-state index contributed by atoms with van der Waals surface area (Å²) in [6.45, 7) is 5.05. The molecule has 1 aliphatic rings. The topological polar surface area (TPSA) is 92.3 Å². The first-order valence-electron chi connectivity index (χ1n) is 8.28. The van der Waals surface area contributed by atoms with E-state index in [2.05, 4.69) is 15.3 Å². The van der Waals surface area contributed by atoms with Crippen LogP contribution in [0.4, 0.5) is 19.1 Å². The predicted molar refractivity (Wildman–Crippen MR) is 94.1 cm³/mol. The molecule has 0 aliphatic carbocycles. The summed E-state index contributed by atoms with van der Waals surface area (Å²) < 4.78 is 63.2. The number of rotatable bonds is 4. The van der Waals surface area contributed by atoms with Crippen molar-refractivity contribution >= 4 is 21.7 Å². The second-order valence-corrected chi connectivity index (χ2v) is 8.60. The normalized spacial score (nSPS) is 18.9. The summed E-state index contributed by atoms with van der Waals surface area (Å²) in [5.41, 5.74) is -1.15. The monoisotopic (exact) mass is 406 g/mol. The van der Waals surface area contributed by atoms with Crippen LogP contribution in [0.5, 0.6) is 0 Å². The Hall–Kier alpha value is -2.17. The van der Waals surface area contributed by atoms with Crippen LogP contribution in [0.15, 0.2) is 17.8 Å². The number of halogens is 3. The standard InChI is InChI=1S/C16H21F3N4O3S/c1-4-10(2)11(3)21-15-20-9-12(13(22-15)16(17,18)19)14(24)23-5-7-27(25,26)8-6-23/h4,9,11H,5-8H2,1-3H3,(H,20,21,22)/b10-4+/t11-/m1/s1. The first kappa shape index (κ1) is 21.1. The molecule has 1 aliphatic heterocycles. The van der Waals surface area contributed by atoms with Crippen molar-refractivity contribution in [3.8, 4) is 0 Å². The van der Waals surface area contributed by atoms with Crippen molar-refractivity contribution < 1.29 is 26.4 Å². The lowest BCUT2D eigenvalue weighted by molar-refractivity contribution is -0.141. The average Bonchev–Trinajstić information content (AvgIpc) is 2.59. The molecular weight excluding hydrogens is 385 g/mol. The third-order valence-corrected chi connectivity index (χ3v) is 6.01. The zero-order valence-corrected chi connectivity index (χ0v) is 16.0. The molecule has 1 saturated heterocycles. The molecule has 1 N–H and O–H groups in total. The van der Waals surface area contributed by atoms with Gasteiger partial charge in [-0.25, -0.2) is 18.4 Å². The van der Waals surface area contributed by atoms with Gasteiger partial charge in [-0.15, -0.1) is 0 Å². The van der Waals surface area contributed by atoms with Crippen molar-refractivity contribution in [2.24, 2.45) is 0 Å². The van der Waals surface area contributed by atoms with Gasteiger partial charge in [-0.05, 0) is 20.8 Å². The first-order chi connectivity index (χ1) is 12.4. The summed E-state index contributed by atoms with van der Waals surface area (Å²) in [4.78, 5) is 20.9. The van der Waals surface area contributed by atoms with Crippen LogP contribution >= 0.6 is 0 Å². The van der Waals surface area contributed by atoms with E-state index in [9.17, 15) is 26.4 Å². The van der Waals surface area contributed by atoms with E-state index in [1.54, 1.807) is 13.8 Å². The van der Waals surface area contributed by atoms with Crippen LogP contribution < -0.4 is 5.32 Å². The van der Waals surface area contributed by atoms with Crippen LogP contribution in [0.25, 0.3) is 0 Å². The van der Waals surface area contributed by atoms with Gasteiger partial charge < -0.3 is 10.2 Å². The van der Waals surface area contributed by atoms with Crippen LogP contribution in [-0.2, 0) is 16.0 Å². The van der Waals surface area contributed by atoms with Crippen LogP contribution in [0, 0.1) is 0 Å². The van der Waals surface area contributed by atoms with E-state index in [0.29, 0.717) is 0 Å². The SMILES string of the molecule is C/C=C(\C)[C@@H](C)Nc1ncc(C(=O)N2CCS(=O)(=O)CC2)c(C(F)(F)F)n1. The highest BCUT2D eigenvalue weighted by molar-refractivity contribution is 7.91. The van der Waals surface area contributed by atoms with Gasteiger partial charge in [0.1, 0.15) is 0 Å². The number of carbonyl (C=O) groups excluding carboxylic acids is 1. The lowest BCUT2D eigenvalue weighted by Gasteiger charge is -2.27. The number of nitrogens with zero attached hydrogens (tertiary/aromatic N) is 3. The minimum absolute atomic E-state index is 0.157. The van der Waals surface area contributed by atoms with E-state index in [4.69, 9.17) is 0 Å². The highest BCUT2D eigenvalue weighted by atomic mass is 32.2. The van der Waals surface area contributed by atoms with Gasteiger partial charge in [0.25, 0.3) is 5.91 Å². The number of amides is 1. The average molecular weight is 406 g/mol. The molecule has 150 valence electrons. The third-order valence-electron chi connectivity index (χ3n) is 4.40. The Morgan fingerprint density at radius 2 is 1.93 bits per heavy atom. The molecule has 2 rings (SSSR count). The highest BCUT2D eigenvalue weighted by Crippen LogP contribution is 2.31. The van der Waals surface area contributed by atoms with Gasteiger partial charge >= 0.3 is 6.18 Å². The second-order valence-electron chi connectivity index (χ2n) is 6.30. The predicted octanol–water partition coefficient (Wildman–Crippen LogP) is 2.13. The number of alkyl halides is 3. The summed E-state index contributed by atoms with van der Waals surface area (Å²) in [6.07, 6.45) is -2.21. The second kappa shape index (κ2) is 7.83. The van der Waals surface area contributed by atoms with Gasteiger partial charge in [0.15, 0.2) is 15.5 Å². The van der Waals surface area contributed by atoms with Crippen LogP contribution in [0.1, 0.15) is 36.8 Å². The van der Waals surface area contributed by atoms with Gasteiger partial charge in [-0.3, -0.25) is 4.79 Å². The molecule has 0 unspecified atom stereocenters. The molecule has 1 amide bonds. The molecule has 0 aromatic carbocycles. The molecule has 1 fully saturated rings. The van der Waals surface area contributed by atoms with Gasteiger partial charge in [-0.2, -0.15) is 13.2 Å². The number of anilines is 1. The zero-order valence-electron chi connectivity index (χ0n) is 15.2. The van der Waals surface area contributed by atoms with Crippen molar-refractivity contribution in [1.29, 1.82) is 0 Å². The van der Waals surface area contributed by atoms with Gasteiger partial charge in [0.2, 0.25) is 5.95 Å². The Morgan fingerprint density at radius 3 is 2.44 bits per heavy atom. The summed E-state index contributed by atoms with van der Waals surface area (Å²) >= 11 is 0. The number of nitrogens with one attached hydrogen (secondary N) is 1. The fourth-order valence-electron chi connectivity index (χ4n) is 2.47. The van der Waals surface area contributed by atoms with E-state index in [-0.39, 0.29) is 36.6 Å². The van der Waals surface area contributed by atoms with Crippen molar-refractivity contribution in [1.82, 2.24) is 14.9 Å². The lowest BCUT2D eigenvalue weighted by atomic mass is 10.1. The van der Waals surface area contributed by atoms with E-state index < -0.39 is 33.2 Å². The molecule has 1 aromatic heterocycles. The van der Waals surface area contributed by atoms with E-state index >= 15 is 0 Å². The third kappa shape index (κ3) is 5.18. The smallest absolute Gasteiger partial charge is 0.348 e. The van der Waals surface area contributed by atoms with Crippen molar-refractivity contribution in [3.63, 3.8) is 0 Å². The molecule has 11 heteroatoms. The Balaban J connectivity index is 2.32. The molecule has 0 bridgehead atoms. The van der Waals surface area contributed by atoms with E-state index in [1.165, 1.54) is 0 Å². The van der Waals surface area contributed by atoms with Crippen LogP contribution in [-0.4, -0.2) is 59.8 Å². The summed E-state index contributed by atoms with van der Waals surface area (Å²) in [5, 5.41) is 2.77. The van der Waals surface area contributed by atoms with Crippen molar-refractivity contribution in [2.45, 2.75) is 33.0 Å². The molecule has 0 saturated carbocycles. The Labute approximate surface area is 155 Å². The number of hydrogen-bond acceptors (Lipinski definition) is 6. The van der Waals surface area contributed by atoms with Gasteiger partial charge in [0, 0.05) is 25.3 Å². The van der Waals surface area contributed by atoms with E-state index in [0.717, 1.165) is 16.7 Å². The van der Waals surface area contributed by atoms with Crippen LogP contribution in [0.3, 0.4) is 0 Å². The van der Waals surface area contributed by atoms with Crippen molar-refractivity contribution in [2.75, 3.05) is 29.9 Å². The zero-order chi connectivity index (χ0) is 20.4. The maximum Gasteiger partial charge on any atom is 0.434 e. The number of carbonyl (C=O) groups is 1. The Kier molecular flexibility index (Phi) is 6.13. The summed E-state index contributed by atoms with van der Waals surface area (Å²) in [6, 6.07) is -0.287. The minimum atomic E-state index is -4.86. The quantitative estimate of drug-likeness (QED) is 0.771. The molecule has 27 heavy (non-hydrogen) atoms. The van der Waals surface area contributed by atoms with Crippen molar-refractivity contribution in [3.05, 3.63) is 29.1 Å². The maximum absolute atomic E-state index is 13.4. The summed E-state index contributed by atoms with van der Waals surface area (Å²) in [7, 11) is -3.26.